The van der Waals surface area contributed by atoms with E-state index in [1.807, 2.05) is 6.07 Å². The van der Waals surface area contributed by atoms with Crippen molar-refractivity contribution in [2.75, 3.05) is 19.6 Å². The molecule has 0 saturated carbocycles. The summed E-state index contributed by atoms with van der Waals surface area (Å²) in [5.74, 6) is 0.211. The Kier molecular flexibility index (Phi) is 5.01. The molecule has 0 radical (unpaired) electrons. The summed E-state index contributed by atoms with van der Waals surface area (Å²) >= 11 is 0. The number of carbonyl (C=O) groups is 1. The van der Waals surface area contributed by atoms with Crippen LogP contribution in [-0.2, 0) is 4.79 Å². The SMILES string of the molecule is Cc1ccc(OC2CCCN(CCC(=O)O)C2)c(C)c1. The summed E-state index contributed by atoms with van der Waals surface area (Å²) in [5, 5.41) is 8.75. The Hall–Kier alpha value is -1.55. The van der Waals surface area contributed by atoms with E-state index in [0.29, 0.717) is 6.54 Å². The number of carboxylic acid groups (broad SMARTS) is 1. The standard InChI is InChI=1S/C16H23NO3/c1-12-5-6-15(13(2)10-12)20-14-4-3-8-17(11-14)9-7-16(18)19/h5-6,10,14H,3-4,7-9,11H2,1-2H3,(H,18,19). The van der Waals surface area contributed by atoms with Gasteiger partial charge in [0, 0.05) is 13.1 Å². The summed E-state index contributed by atoms with van der Waals surface area (Å²) in [5.41, 5.74) is 2.40. The van der Waals surface area contributed by atoms with Gasteiger partial charge in [0.05, 0.1) is 6.42 Å². The fraction of sp³-hybridized carbons (Fsp3) is 0.562. The zero-order valence-electron chi connectivity index (χ0n) is 12.3. The van der Waals surface area contributed by atoms with Crippen LogP contribution in [0.4, 0.5) is 0 Å². The lowest BCUT2D eigenvalue weighted by atomic mass is 10.1. The van der Waals surface area contributed by atoms with Gasteiger partial charge in [-0.3, -0.25) is 9.69 Å². The lowest BCUT2D eigenvalue weighted by molar-refractivity contribution is -0.137. The molecule has 1 aliphatic rings. The second-order valence-electron chi connectivity index (χ2n) is 5.60. The molecule has 1 aliphatic heterocycles. The first-order valence-corrected chi connectivity index (χ1v) is 7.22. The zero-order valence-corrected chi connectivity index (χ0v) is 12.3. The molecule has 4 heteroatoms. The number of nitrogens with zero attached hydrogens (tertiary/aromatic N) is 1. The third-order valence-corrected chi connectivity index (χ3v) is 3.73. The first-order valence-electron chi connectivity index (χ1n) is 7.22. The zero-order chi connectivity index (χ0) is 14.5. The average molecular weight is 277 g/mol. The number of carboxylic acids is 1. The molecular formula is C16H23NO3. The van der Waals surface area contributed by atoms with Crippen molar-refractivity contribution in [2.45, 2.75) is 39.2 Å². The molecule has 4 nitrogen and oxygen atoms in total. The average Bonchev–Trinajstić information content (AvgIpc) is 2.40. The normalized spacial score (nSPS) is 19.8. The smallest absolute Gasteiger partial charge is 0.304 e. The molecule has 1 unspecified atom stereocenters. The van der Waals surface area contributed by atoms with Crippen LogP contribution in [0.3, 0.4) is 0 Å². The minimum Gasteiger partial charge on any atom is -0.489 e. The molecule has 110 valence electrons. The summed E-state index contributed by atoms with van der Waals surface area (Å²) in [6, 6.07) is 6.22. The number of aliphatic carboxylic acids is 1. The number of benzene rings is 1. The molecule has 20 heavy (non-hydrogen) atoms. The molecule has 0 spiro atoms. The Bertz CT molecular complexity index is 473. The highest BCUT2D eigenvalue weighted by atomic mass is 16.5. The number of aryl methyl sites for hydroxylation is 2. The van der Waals surface area contributed by atoms with Gasteiger partial charge in [-0.1, -0.05) is 17.7 Å². The van der Waals surface area contributed by atoms with Crippen LogP contribution in [0.25, 0.3) is 0 Å². The summed E-state index contributed by atoms with van der Waals surface area (Å²) in [7, 11) is 0. The van der Waals surface area contributed by atoms with Crippen molar-refractivity contribution >= 4 is 5.97 Å². The molecular weight excluding hydrogens is 254 g/mol. The van der Waals surface area contributed by atoms with Gasteiger partial charge in [0.1, 0.15) is 11.9 Å². The molecule has 1 N–H and O–H groups in total. The minimum absolute atomic E-state index is 0.166. The van der Waals surface area contributed by atoms with Gasteiger partial charge in [0.2, 0.25) is 0 Å². The lowest BCUT2D eigenvalue weighted by Gasteiger charge is -2.32. The highest BCUT2D eigenvalue weighted by Gasteiger charge is 2.22. The van der Waals surface area contributed by atoms with Crippen molar-refractivity contribution in [3.63, 3.8) is 0 Å². The molecule has 1 aromatic rings. The molecule has 0 amide bonds. The predicted octanol–water partition coefficient (Wildman–Crippen LogP) is 2.62. The van der Waals surface area contributed by atoms with Gasteiger partial charge in [-0.05, 0) is 44.9 Å². The van der Waals surface area contributed by atoms with Crippen LogP contribution in [0.2, 0.25) is 0 Å². The van der Waals surface area contributed by atoms with Crippen LogP contribution >= 0.6 is 0 Å². The van der Waals surface area contributed by atoms with Gasteiger partial charge in [-0.15, -0.1) is 0 Å². The molecule has 0 aromatic heterocycles. The van der Waals surface area contributed by atoms with E-state index in [9.17, 15) is 4.79 Å². The maximum Gasteiger partial charge on any atom is 0.304 e. The van der Waals surface area contributed by atoms with Crippen LogP contribution in [0.1, 0.15) is 30.4 Å². The summed E-state index contributed by atoms with van der Waals surface area (Å²) in [4.78, 5) is 12.8. The first-order chi connectivity index (χ1) is 9.54. The van der Waals surface area contributed by atoms with Crippen molar-refractivity contribution in [3.05, 3.63) is 29.3 Å². The molecule has 1 aromatic carbocycles. The Balaban J connectivity index is 1.90. The van der Waals surface area contributed by atoms with Gasteiger partial charge in [0.25, 0.3) is 0 Å². The maximum atomic E-state index is 10.6. The third kappa shape index (κ3) is 4.23. The number of piperidine rings is 1. The van der Waals surface area contributed by atoms with Crippen LogP contribution < -0.4 is 4.74 Å². The van der Waals surface area contributed by atoms with E-state index in [-0.39, 0.29) is 12.5 Å². The minimum atomic E-state index is -0.734. The topological polar surface area (TPSA) is 49.8 Å². The number of likely N-dealkylation sites (tertiary alicyclic amines) is 1. The Morgan fingerprint density at radius 2 is 2.25 bits per heavy atom. The molecule has 1 heterocycles. The van der Waals surface area contributed by atoms with E-state index in [4.69, 9.17) is 9.84 Å². The number of hydrogen-bond donors (Lipinski definition) is 1. The van der Waals surface area contributed by atoms with Crippen molar-refractivity contribution in [1.29, 1.82) is 0 Å². The fourth-order valence-electron chi connectivity index (χ4n) is 2.68. The van der Waals surface area contributed by atoms with Crippen molar-refractivity contribution in [2.24, 2.45) is 0 Å². The van der Waals surface area contributed by atoms with E-state index in [0.717, 1.165) is 37.2 Å². The molecule has 0 bridgehead atoms. The molecule has 1 fully saturated rings. The largest absolute Gasteiger partial charge is 0.489 e. The summed E-state index contributed by atoms with van der Waals surface area (Å²) in [6.07, 6.45) is 2.47. The van der Waals surface area contributed by atoms with E-state index in [1.165, 1.54) is 5.56 Å². The first kappa shape index (κ1) is 14.9. The highest BCUT2D eigenvalue weighted by molar-refractivity contribution is 5.66. The number of ether oxygens (including phenoxy) is 1. The van der Waals surface area contributed by atoms with Crippen molar-refractivity contribution in [1.82, 2.24) is 4.90 Å². The van der Waals surface area contributed by atoms with Gasteiger partial charge < -0.3 is 9.84 Å². The second kappa shape index (κ2) is 6.75. The predicted molar refractivity (Wildman–Crippen MR) is 78.3 cm³/mol. The van der Waals surface area contributed by atoms with Gasteiger partial charge in [-0.25, -0.2) is 0 Å². The van der Waals surface area contributed by atoms with E-state index in [2.05, 4.69) is 30.9 Å². The van der Waals surface area contributed by atoms with Crippen LogP contribution in [-0.4, -0.2) is 41.7 Å². The Morgan fingerprint density at radius 1 is 1.45 bits per heavy atom. The summed E-state index contributed by atoms with van der Waals surface area (Å²) in [6.45, 7) is 6.54. The van der Waals surface area contributed by atoms with E-state index < -0.39 is 5.97 Å². The van der Waals surface area contributed by atoms with Crippen LogP contribution in [0, 0.1) is 13.8 Å². The van der Waals surface area contributed by atoms with Gasteiger partial charge >= 0.3 is 5.97 Å². The molecule has 2 rings (SSSR count). The van der Waals surface area contributed by atoms with Gasteiger partial charge in [0.15, 0.2) is 0 Å². The summed E-state index contributed by atoms with van der Waals surface area (Å²) < 4.78 is 6.09. The highest BCUT2D eigenvalue weighted by Crippen LogP contribution is 2.23. The third-order valence-electron chi connectivity index (χ3n) is 3.73. The molecule has 1 saturated heterocycles. The van der Waals surface area contributed by atoms with Gasteiger partial charge in [-0.2, -0.15) is 0 Å². The van der Waals surface area contributed by atoms with E-state index in [1.54, 1.807) is 0 Å². The number of hydrogen-bond acceptors (Lipinski definition) is 3. The van der Waals surface area contributed by atoms with Crippen LogP contribution in [0.5, 0.6) is 5.75 Å². The molecule has 0 aliphatic carbocycles. The monoisotopic (exact) mass is 277 g/mol. The lowest BCUT2D eigenvalue weighted by Crippen LogP contribution is -2.42. The fourth-order valence-corrected chi connectivity index (χ4v) is 2.68. The van der Waals surface area contributed by atoms with Crippen molar-refractivity contribution in [3.8, 4) is 5.75 Å². The number of rotatable bonds is 5. The quantitative estimate of drug-likeness (QED) is 0.899. The Labute approximate surface area is 120 Å². The van der Waals surface area contributed by atoms with Crippen LogP contribution in [0.15, 0.2) is 18.2 Å². The van der Waals surface area contributed by atoms with E-state index >= 15 is 0 Å². The van der Waals surface area contributed by atoms with Crippen molar-refractivity contribution < 1.29 is 14.6 Å². The Morgan fingerprint density at radius 3 is 2.95 bits per heavy atom. The molecule has 1 atom stereocenters. The maximum absolute atomic E-state index is 10.6. The second-order valence-corrected chi connectivity index (χ2v) is 5.60.